The van der Waals surface area contributed by atoms with E-state index in [1.165, 1.54) is 0 Å². The van der Waals surface area contributed by atoms with Crippen molar-refractivity contribution in [2.24, 2.45) is 7.05 Å². The van der Waals surface area contributed by atoms with Gasteiger partial charge in [0.1, 0.15) is 0 Å². The lowest BCUT2D eigenvalue weighted by atomic mass is 10.2. The van der Waals surface area contributed by atoms with Crippen molar-refractivity contribution in [2.45, 2.75) is 6.92 Å². The first-order chi connectivity index (χ1) is 6.09. The van der Waals surface area contributed by atoms with Crippen LogP contribution in [-0.4, -0.2) is 9.55 Å². The highest BCUT2D eigenvalue weighted by molar-refractivity contribution is 7.71. The zero-order valence-electron chi connectivity index (χ0n) is 7.39. The van der Waals surface area contributed by atoms with Gasteiger partial charge in [-0.05, 0) is 36.8 Å². The Kier molecular flexibility index (Phi) is 1.93. The molecular formula is C9H9ClN2S. The molecule has 1 aromatic heterocycles. The smallest absolute Gasteiger partial charge is 0.177 e. The van der Waals surface area contributed by atoms with E-state index < -0.39 is 0 Å². The Morgan fingerprint density at radius 1 is 1.46 bits per heavy atom. The quantitative estimate of drug-likeness (QED) is 0.666. The van der Waals surface area contributed by atoms with Gasteiger partial charge in [-0.2, -0.15) is 0 Å². The van der Waals surface area contributed by atoms with Gasteiger partial charge >= 0.3 is 0 Å². The zero-order valence-corrected chi connectivity index (χ0v) is 8.96. The number of nitrogens with zero attached hydrogens (tertiary/aromatic N) is 1. The summed E-state index contributed by atoms with van der Waals surface area (Å²) in [5, 5.41) is 0.724. The fourth-order valence-corrected chi connectivity index (χ4v) is 1.93. The number of hydrogen-bond acceptors (Lipinski definition) is 1. The summed E-state index contributed by atoms with van der Waals surface area (Å²) in [7, 11) is 1.93. The molecule has 68 valence electrons. The van der Waals surface area contributed by atoms with Gasteiger partial charge in [0.15, 0.2) is 4.77 Å². The topological polar surface area (TPSA) is 20.7 Å². The van der Waals surface area contributed by atoms with Crippen molar-refractivity contribution < 1.29 is 0 Å². The molecule has 2 aromatic rings. The molecule has 2 nitrogen and oxygen atoms in total. The van der Waals surface area contributed by atoms with E-state index in [-0.39, 0.29) is 0 Å². The molecule has 0 aliphatic rings. The molecule has 0 atom stereocenters. The first-order valence-electron chi connectivity index (χ1n) is 3.94. The normalized spacial score (nSPS) is 11.0. The summed E-state index contributed by atoms with van der Waals surface area (Å²) in [6.45, 7) is 2.02. The van der Waals surface area contributed by atoms with Gasteiger partial charge in [-0.25, -0.2) is 0 Å². The maximum absolute atomic E-state index is 6.06. The molecule has 0 unspecified atom stereocenters. The number of hydrogen-bond donors (Lipinski definition) is 1. The highest BCUT2D eigenvalue weighted by Crippen LogP contribution is 2.23. The van der Waals surface area contributed by atoms with Gasteiger partial charge in [0, 0.05) is 7.05 Å². The second kappa shape index (κ2) is 2.86. The molecule has 0 radical (unpaired) electrons. The maximum Gasteiger partial charge on any atom is 0.177 e. The summed E-state index contributed by atoms with van der Waals surface area (Å²) in [5.41, 5.74) is 3.11. The van der Waals surface area contributed by atoms with Crippen LogP contribution in [0.5, 0.6) is 0 Å². The minimum Gasteiger partial charge on any atom is -0.329 e. The van der Waals surface area contributed by atoms with Crippen LogP contribution in [-0.2, 0) is 7.05 Å². The predicted octanol–water partition coefficient (Wildman–Crippen LogP) is 3.20. The van der Waals surface area contributed by atoms with Crippen LogP contribution in [0.15, 0.2) is 12.1 Å². The fourth-order valence-electron chi connectivity index (χ4n) is 1.41. The third kappa shape index (κ3) is 1.28. The standard InChI is InChI=1S/C9H9ClN2S/c1-5-3-6(10)8-7(4-5)12(2)9(13)11-8/h3-4H,1-2H3,(H,11,13). The number of aromatic amines is 1. The summed E-state index contributed by atoms with van der Waals surface area (Å²) in [6, 6.07) is 3.99. The highest BCUT2D eigenvalue weighted by Gasteiger charge is 2.04. The van der Waals surface area contributed by atoms with Crippen molar-refractivity contribution in [1.29, 1.82) is 0 Å². The van der Waals surface area contributed by atoms with Crippen LogP contribution in [0.4, 0.5) is 0 Å². The van der Waals surface area contributed by atoms with Gasteiger partial charge in [-0.3, -0.25) is 0 Å². The van der Waals surface area contributed by atoms with Crippen molar-refractivity contribution in [3.63, 3.8) is 0 Å². The lowest BCUT2D eigenvalue weighted by Gasteiger charge is -1.98. The van der Waals surface area contributed by atoms with E-state index >= 15 is 0 Å². The van der Waals surface area contributed by atoms with Gasteiger partial charge in [-0.15, -0.1) is 0 Å². The largest absolute Gasteiger partial charge is 0.329 e. The van der Waals surface area contributed by atoms with E-state index in [0.29, 0.717) is 4.77 Å². The van der Waals surface area contributed by atoms with E-state index in [9.17, 15) is 0 Å². The third-order valence-electron chi connectivity index (χ3n) is 2.11. The van der Waals surface area contributed by atoms with Crippen molar-refractivity contribution in [2.75, 3.05) is 0 Å². The Morgan fingerprint density at radius 3 is 2.85 bits per heavy atom. The van der Waals surface area contributed by atoms with E-state index in [4.69, 9.17) is 23.8 Å². The van der Waals surface area contributed by atoms with Gasteiger partial charge in [0.25, 0.3) is 0 Å². The first-order valence-corrected chi connectivity index (χ1v) is 4.73. The number of H-pyrrole nitrogens is 1. The number of benzene rings is 1. The molecule has 0 amide bonds. The summed E-state index contributed by atoms with van der Waals surface area (Å²) < 4.78 is 2.62. The van der Waals surface area contributed by atoms with Crippen LogP contribution >= 0.6 is 23.8 Å². The number of halogens is 1. The van der Waals surface area contributed by atoms with Gasteiger partial charge in [0.05, 0.1) is 16.1 Å². The van der Waals surface area contributed by atoms with Crippen molar-refractivity contribution in [1.82, 2.24) is 9.55 Å². The molecule has 1 heterocycles. The minimum absolute atomic E-state index is 0.697. The Bertz CT molecular complexity index is 524. The number of rotatable bonds is 0. The molecule has 13 heavy (non-hydrogen) atoms. The highest BCUT2D eigenvalue weighted by atomic mass is 35.5. The van der Waals surface area contributed by atoms with E-state index in [0.717, 1.165) is 21.6 Å². The number of aryl methyl sites for hydroxylation is 2. The second-order valence-electron chi connectivity index (χ2n) is 3.13. The molecule has 0 aliphatic carbocycles. The SMILES string of the molecule is Cc1cc(Cl)c2[nH]c(=S)n(C)c2c1. The second-order valence-corrected chi connectivity index (χ2v) is 3.92. The summed E-state index contributed by atoms with van der Waals surface area (Å²) in [6.07, 6.45) is 0. The Balaban J connectivity index is 3.03. The van der Waals surface area contributed by atoms with E-state index in [2.05, 4.69) is 11.1 Å². The molecule has 4 heteroatoms. The molecule has 0 spiro atoms. The lowest BCUT2D eigenvalue weighted by Crippen LogP contribution is -1.86. The Hall–Kier alpha value is -0.800. The van der Waals surface area contributed by atoms with Crippen molar-refractivity contribution >= 4 is 34.9 Å². The van der Waals surface area contributed by atoms with Crippen LogP contribution in [0.3, 0.4) is 0 Å². The molecule has 0 saturated heterocycles. The van der Waals surface area contributed by atoms with Gasteiger partial charge in [-0.1, -0.05) is 11.6 Å². The molecule has 2 rings (SSSR count). The average molecular weight is 213 g/mol. The summed E-state index contributed by atoms with van der Waals surface area (Å²) in [5.74, 6) is 0. The van der Waals surface area contributed by atoms with E-state index in [1.54, 1.807) is 0 Å². The third-order valence-corrected chi connectivity index (χ3v) is 2.79. The van der Waals surface area contributed by atoms with Crippen LogP contribution in [0.1, 0.15) is 5.56 Å². The molecular weight excluding hydrogens is 204 g/mol. The fraction of sp³-hybridized carbons (Fsp3) is 0.222. The zero-order chi connectivity index (χ0) is 9.59. The van der Waals surface area contributed by atoms with Crippen molar-refractivity contribution in [3.8, 4) is 0 Å². The van der Waals surface area contributed by atoms with Gasteiger partial charge in [0.2, 0.25) is 0 Å². The van der Waals surface area contributed by atoms with Crippen molar-refractivity contribution in [3.05, 3.63) is 27.5 Å². The van der Waals surface area contributed by atoms with Crippen LogP contribution in [0.2, 0.25) is 5.02 Å². The summed E-state index contributed by atoms with van der Waals surface area (Å²) >= 11 is 11.2. The summed E-state index contributed by atoms with van der Waals surface area (Å²) in [4.78, 5) is 3.07. The lowest BCUT2D eigenvalue weighted by molar-refractivity contribution is 0.926. The molecule has 0 bridgehead atoms. The van der Waals surface area contributed by atoms with Crippen LogP contribution < -0.4 is 0 Å². The van der Waals surface area contributed by atoms with E-state index in [1.807, 2.05) is 24.6 Å². The Morgan fingerprint density at radius 2 is 2.15 bits per heavy atom. The average Bonchev–Trinajstić information content (AvgIpc) is 2.32. The number of nitrogens with one attached hydrogen (secondary N) is 1. The molecule has 0 aliphatic heterocycles. The number of fused-ring (bicyclic) bond motifs is 1. The van der Waals surface area contributed by atoms with Crippen LogP contribution in [0, 0.1) is 11.7 Å². The molecule has 1 aromatic carbocycles. The maximum atomic E-state index is 6.06. The minimum atomic E-state index is 0.697. The molecule has 1 N–H and O–H groups in total. The van der Waals surface area contributed by atoms with Gasteiger partial charge < -0.3 is 9.55 Å². The molecule has 0 saturated carbocycles. The Labute approximate surface area is 86.1 Å². The van der Waals surface area contributed by atoms with Crippen LogP contribution in [0.25, 0.3) is 11.0 Å². The number of aromatic nitrogens is 2. The predicted molar refractivity (Wildman–Crippen MR) is 57.9 cm³/mol. The number of imidazole rings is 1. The molecule has 0 fully saturated rings. The monoisotopic (exact) mass is 212 g/mol. The first kappa shape index (κ1) is 8.78.